The highest BCUT2D eigenvalue weighted by molar-refractivity contribution is 7.80. The van der Waals surface area contributed by atoms with E-state index >= 15 is 0 Å². The van der Waals surface area contributed by atoms with Crippen molar-refractivity contribution in [1.82, 2.24) is 16.2 Å². The van der Waals surface area contributed by atoms with Gasteiger partial charge in [0.1, 0.15) is 5.75 Å². The third kappa shape index (κ3) is 8.37. The first-order valence-corrected chi connectivity index (χ1v) is 7.61. The number of amides is 1. The van der Waals surface area contributed by atoms with Crippen LogP contribution in [0.5, 0.6) is 5.75 Å². The molecule has 0 aromatic heterocycles. The smallest absolute Gasteiger partial charge is 0.276 e. The summed E-state index contributed by atoms with van der Waals surface area (Å²) in [4.78, 5) is 11.6. The minimum absolute atomic E-state index is 0.119. The molecule has 1 rings (SSSR count). The lowest BCUT2D eigenvalue weighted by Crippen LogP contribution is -2.48. The molecular weight excluding hydrogens is 310 g/mol. The van der Waals surface area contributed by atoms with Crippen LogP contribution in [0.25, 0.3) is 0 Å². The van der Waals surface area contributed by atoms with E-state index in [1.54, 1.807) is 24.3 Å². The molecule has 116 valence electrons. The highest BCUT2D eigenvalue weighted by atomic mass is 35.5. The molecule has 1 amide bonds. The van der Waals surface area contributed by atoms with Crippen LogP contribution in [-0.2, 0) is 4.79 Å². The van der Waals surface area contributed by atoms with Crippen molar-refractivity contribution < 1.29 is 9.53 Å². The molecule has 5 nitrogen and oxygen atoms in total. The SMILES string of the molecule is CCCCCNC(=S)NNC(=O)COc1cccc(Cl)c1. The zero-order valence-electron chi connectivity index (χ0n) is 11.9. The summed E-state index contributed by atoms with van der Waals surface area (Å²) >= 11 is 10.8. The molecule has 0 fully saturated rings. The Labute approximate surface area is 135 Å². The van der Waals surface area contributed by atoms with Crippen molar-refractivity contribution in [3.8, 4) is 5.75 Å². The van der Waals surface area contributed by atoms with Crippen molar-refractivity contribution in [3.63, 3.8) is 0 Å². The maximum atomic E-state index is 11.6. The molecule has 1 aromatic rings. The van der Waals surface area contributed by atoms with Gasteiger partial charge in [0.05, 0.1) is 0 Å². The molecule has 0 heterocycles. The van der Waals surface area contributed by atoms with Crippen LogP contribution in [0, 0.1) is 0 Å². The van der Waals surface area contributed by atoms with E-state index in [0.717, 1.165) is 25.8 Å². The van der Waals surface area contributed by atoms with Gasteiger partial charge in [0.15, 0.2) is 11.7 Å². The molecule has 0 aliphatic carbocycles. The Morgan fingerprint density at radius 1 is 1.33 bits per heavy atom. The van der Waals surface area contributed by atoms with Crippen molar-refractivity contribution in [2.75, 3.05) is 13.2 Å². The molecule has 7 heteroatoms. The molecule has 0 unspecified atom stereocenters. The number of carbonyl (C=O) groups is 1. The minimum Gasteiger partial charge on any atom is -0.484 e. The van der Waals surface area contributed by atoms with Crippen LogP contribution in [0.3, 0.4) is 0 Å². The zero-order valence-corrected chi connectivity index (χ0v) is 13.5. The van der Waals surface area contributed by atoms with E-state index in [1.807, 2.05) is 0 Å². The number of benzene rings is 1. The molecule has 21 heavy (non-hydrogen) atoms. The molecule has 1 aromatic carbocycles. The summed E-state index contributed by atoms with van der Waals surface area (Å²) in [6.07, 6.45) is 3.35. The number of rotatable bonds is 7. The van der Waals surface area contributed by atoms with Gasteiger partial charge in [-0.1, -0.05) is 37.4 Å². The fourth-order valence-electron chi connectivity index (χ4n) is 1.49. The van der Waals surface area contributed by atoms with E-state index < -0.39 is 0 Å². The van der Waals surface area contributed by atoms with Crippen molar-refractivity contribution in [3.05, 3.63) is 29.3 Å². The van der Waals surface area contributed by atoms with E-state index in [-0.39, 0.29) is 12.5 Å². The molecule has 0 spiro atoms. The maximum Gasteiger partial charge on any atom is 0.276 e. The predicted octanol–water partition coefficient (Wildman–Crippen LogP) is 2.40. The number of nitrogens with one attached hydrogen (secondary N) is 3. The summed E-state index contributed by atoms with van der Waals surface area (Å²) < 4.78 is 5.29. The minimum atomic E-state index is -0.326. The Hall–Kier alpha value is -1.53. The summed E-state index contributed by atoms with van der Waals surface area (Å²) in [6, 6.07) is 6.86. The van der Waals surface area contributed by atoms with Gasteiger partial charge < -0.3 is 10.1 Å². The quantitative estimate of drug-likeness (QED) is 0.407. The average Bonchev–Trinajstić information content (AvgIpc) is 2.47. The second-order valence-electron chi connectivity index (χ2n) is 4.38. The van der Waals surface area contributed by atoms with Crippen LogP contribution in [0.15, 0.2) is 24.3 Å². The van der Waals surface area contributed by atoms with Crippen LogP contribution >= 0.6 is 23.8 Å². The van der Waals surface area contributed by atoms with E-state index in [9.17, 15) is 4.79 Å². The molecule has 0 radical (unpaired) electrons. The Morgan fingerprint density at radius 3 is 2.86 bits per heavy atom. The van der Waals surface area contributed by atoms with Gasteiger partial charge in [-0.2, -0.15) is 0 Å². The number of hydrazine groups is 1. The summed E-state index contributed by atoms with van der Waals surface area (Å²) in [5.74, 6) is 0.214. The number of ether oxygens (including phenoxy) is 1. The Bertz CT molecular complexity index is 471. The maximum absolute atomic E-state index is 11.6. The van der Waals surface area contributed by atoms with Crippen molar-refractivity contribution >= 4 is 34.8 Å². The van der Waals surface area contributed by atoms with Crippen molar-refractivity contribution in [2.45, 2.75) is 26.2 Å². The Balaban J connectivity index is 2.15. The largest absolute Gasteiger partial charge is 0.484 e. The summed E-state index contributed by atoms with van der Waals surface area (Å²) in [7, 11) is 0. The van der Waals surface area contributed by atoms with Gasteiger partial charge in [-0.3, -0.25) is 15.6 Å². The van der Waals surface area contributed by atoms with Crippen LogP contribution in [0.4, 0.5) is 0 Å². The van der Waals surface area contributed by atoms with Gasteiger partial charge in [-0.05, 0) is 36.8 Å². The molecule has 0 atom stereocenters. The molecule has 0 saturated carbocycles. The number of halogens is 1. The lowest BCUT2D eigenvalue weighted by Gasteiger charge is -2.12. The normalized spacial score (nSPS) is 9.81. The third-order valence-electron chi connectivity index (χ3n) is 2.55. The molecule has 0 aliphatic heterocycles. The van der Waals surface area contributed by atoms with E-state index in [2.05, 4.69) is 23.1 Å². The van der Waals surface area contributed by atoms with Gasteiger partial charge >= 0.3 is 0 Å². The summed E-state index contributed by atoms with van der Waals surface area (Å²) in [6.45, 7) is 2.80. The van der Waals surface area contributed by atoms with E-state index in [4.69, 9.17) is 28.6 Å². The second kappa shape index (κ2) is 10.2. The van der Waals surface area contributed by atoms with Gasteiger partial charge in [0.2, 0.25) is 0 Å². The standard InChI is InChI=1S/C14H20ClN3O2S/c1-2-3-4-8-16-14(21)18-17-13(19)10-20-12-7-5-6-11(15)9-12/h5-7,9H,2-4,8,10H2,1H3,(H,17,19)(H2,16,18,21). The van der Waals surface area contributed by atoms with Crippen LogP contribution in [0.2, 0.25) is 5.02 Å². The monoisotopic (exact) mass is 329 g/mol. The van der Waals surface area contributed by atoms with Gasteiger partial charge in [0.25, 0.3) is 5.91 Å². The third-order valence-corrected chi connectivity index (χ3v) is 3.03. The fourth-order valence-corrected chi connectivity index (χ4v) is 1.82. The number of thiocarbonyl (C=S) groups is 1. The predicted molar refractivity (Wildman–Crippen MR) is 88.4 cm³/mol. The van der Waals surface area contributed by atoms with Crippen molar-refractivity contribution in [1.29, 1.82) is 0 Å². The average molecular weight is 330 g/mol. The zero-order chi connectivity index (χ0) is 15.5. The van der Waals surface area contributed by atoms with Gasteiger partial charge in [-0.25, -0.2) is 0 Å². The Morgan fingerprint density at radius 2 is 2.14 bits per heavy atom. The number of unbranched alkanes of at least 4 members (excludes halogenated alkanes) is 2. The van der Waals surface area contributed by atoms with Crippen LogP contribution < -0.4 is 20.9 Å². The topological polar surface area (TPSA) is 62.4 Å². The highest BCUT2D eigenvalue weighted by Crippen LogP contribution is 2.16. The highest BCUT2D eigenvalue weighted by Gasteiger charge is 2.03. The van der Waals surface area contributed by atoms with Gasteiger partial charge in [-0.15, -0.1) is 0 Å². The molecule has 0 saturated heterocycles. The van der Waals surface area contributed by atoms with Gasteiger partial charge in [0, 0.05) is 11.6 Å². The fraction of sp³-hybridized carbons (Fsp3) is 0.429. The lowest BCUT2D eigenvalue weighted by molar-refractivity contribution is -0.123. The number of hydrogen-bond donors (Lipinski definition) is 3. The molecular formula is C14H20ClN3O2S. The number of hydrogen-bond acceptors (Lipinski definition) is 3. The second-order valence-corrected chi connectivity index (χ2v) is 5.23. The lowest BCUT2D eigenvalue weighted by atomic mass is 10.2. The van der Waals surface area contributed by atoms with E-state index in [1.165, 1.54) is 0 Å². The first kappa shape index (κ1) is 17.5. The first-order chi connectivity index (χ1) is 10.1. The summed E-state index contributed by atoms with van der Waals surface area (Å²) in [5.41, 5.74) is 5.08. The Kier molecular flexibility index (Phi) is 8.54. The summed E-state index contributed by atoms with van der Waals surface area (Å²) in [5, 5.41) is 3.95. The first-order valence-electron chi connectivity index (χ1n) is 6.83. The number of carbonyl (C=O) groups excluding carboxylic acids is 1. The van der Waals surface area contributed by atoms with Crippen LogP contribution in [-0.4, -0.2) is 24.2 Å². The molecule has 0 bridgehead atoms. The van der Waals surface area contributed by atoms with Crippen LogP contribution in [0.1, 0.15) is 26.2 Å². The van der Waals surface area contributed by atoms with E-state index in [0.29, 0.717) is 15.9 Å². The van der Waals surface area contributed by atoms with Crippen molar-refractivity contribution in [2.24, 2.45) is 0 Å². The molecule has 3 N–H and O–H groups in total. The molecule has 0 aliphatic rings.